The van der Waals surface area contributed by atoms with Gasteiger partial charge in [-0.2, -0.15) is 0 Å². The molecule has 2 rings (SSSR count). The zero-order valence-corrected chi connectivity index (χ0v) is 11.2. The van der Waals surface area contributed by atoms with E-state index in [4.69, 9.17) is 22.2 Å². The summed E-state index contributed by atoms with van der Waals surface area (Å²) in [7, 11) is 1.53. The number of nitrogens with two attached hydrogens (primary N) is 1. The van der Waals surface area contributed by atoms with Crippen molar-refractivity contribution in [2.45, 2.75) is 6.04 Å². The molecule has 1 aromatic heterocycles. The van der Waals surface area contributed by atoms with Crippen molar-refractivity contribution in [3.05, 3.63) is 50.9 Å². The van der Waals surface area contributed by atoms with E-state index < -0.39 is 0 Å². The Hall–Kier alpha value is -1.14. The lowest BCUT2D eigenvalue weighted by molar-refractivity contribution is 0.403. The summed E-state index contributed by atoms with van der Waals surface area (Å²) in [4.78, 5) is 0.895. The van der Waals surface area contributed by atoms with Crippen molar-refractivity contribution >= 4 is 22.9 Å². The van der Waals surface area contributed by atoms with Crippen molar-refractivity contribution in [2.24, 2.45) is 5.84 Å². The maximum Gasteiger partial charge on any atom is 0.124 e. The first-order valence-electron chi connectivity index (χ1n) is 5.20. The van der Waals surface area contributed by atoms with Crippen LogP contribution in [0.4, 0.5) is 4.39 Å². The van der Waals surface area contributed by atoms with Gasteiger partial charge in [0.05, 0.1) is 17.5 Å². The first-order valence-corrected chi connectivity index (χ1v) is 6.40. The quantitative estimate of drug-likeness (QED) is 0.671. The Labute approximate surface area is 113 Å². The van der Waals surface area contributed by atoms with E-state index in [1.165, 1.54) is 30.6 Å². The van der Waals surface area contributed by atoms with Gasteiger partial charge in [0.2, 0.25) is 0 Å². The van der Waals surface area contributed by atoms with Gasteiger partial charge in [0.15, 0.2) is 0 Å². The molecule has 0 radical (unpaired) electrons. The molecule has 0 aliphatic rings. The molecular weight excluding hydrogens is 275 g/mol. The van der Waals surface area contributed by atoms with Crippen LogP contribution in [0.2, 0.25) is 4.34 Å². The minimum absolute atomic E-state index is 0.339. The van der Waals surface area contributed by atoms with E-state index in [2.05, 4.69) is 5.43 Å². The second-order valence-corrected chi connectivity index (χ2v) is 5.37. The van der Waals surface area contributed by atoms with Crippen molar-refractivity contribution in [3.8, 4) is 5.75 Å². The largest absolute Gasteiger partial charge is 0.496 e. The monoisotopic (exact) mass is 286 g/mol. The maximum absolute atomic E-state index is 13.4. The van der Waals surface area contributed by atoms with Crippen molar-refractivity contribution in [1.29, 1.82) is 0 Å². The Morgan fingerprint density at radius 3 is 2.72 bits per heavy atom. The van der Waals surface area contributed by atoms with Crippen molar-refractivity contribution < 1.29 is 9.13 Å². The van der Waals surface area contributed by atoms with Crippen LogP contribution in [0.25, 0.3) is 0 Å². The van der Waals surface area contributed by atoms with Crippen LogP contribution >= 0.6 is 22.9 Å². The fraction of sp³-hybridized carbons (Fsp3) is 0.167. The van der Waals surface area contributed by atoms with Crippen LogP contribution in [0.1, 0.15) is 16.5 Å². The first kappa shape index (κ1) is 13.3. The molecule has 1 aromatic carbocycles. The molecule has 0 saturated heterocycles. The predicted octanol–water partition coefficient (Wildman–Crippen LogP) is 3.10. The lowest BCUT2D eigenvalue weighted by Crippen LogP contribution is -2.28. The third-order valence-corrected chi connectivity index (χ3v) is 3.84. The molecule has 96 valence electrons. The normalized spacial score (nSPS) is 12.4. The Kier molecular flexibility index (Phi) is 4.19. The second kappa shape index (κ2) is 5.67. The van der Waals surface area contributed by atoms with Gasteiger partial charge < -0.3 is 4.74 Å². The van der Waals surface area contributed by atoms with E-state index in [0.717, 1.165) is 4.88 Å². The van der Waals surface area contributed by atoms with E-state index in [1.54, 1.807) is 12.1 Å². The van der Waals surface area contributed by atoms with Crippen molar-refractivity contribution in [3.63, 3.8) is 0 Å². The standard InChI is InChI=1S/C12H12ClFN2OS/c1-17-9-3-2-7(14)6-8(9)12(16-15)10-4-5-11(13)18-10/h2-6,12,16H,15H2,1H3. The number of rotatable bonds is 4. The summed E-state index contributed by atoms with van der Waals surface area (Å²) in [6, 6.07) is 7.59. The summed E-state index contributed by atoms with van der Waals surface area (Å²) < 4.78 is 19.2. The lowest BCUT2D eigenvalue weighted by Gasteiger charge is -2.17. The molecule has 0 spiro atoms. The number of ether oxygens (including phenoxy) is 1. The molecular formula is C12H12ClFN2OS. The van der Waals surface area contributed by atoms with Gasteiger partial charge in [0.25, 0.3) is 0 Å². The number of hydrazine groups is 1. The average molecular weight is 287 g/mol. The fourth-order valence-corrected chi connectivity index (χ4v) is 2.88. The van der Waals surface area contributed by atoms with Crippen LogP contribution in [0.3, 0.4) is 0 Å². The SMILES string of the molecule is COc1ccc(F)cc1C(NN)c1ccc(Cl)s1. The Morgan fingerprint density at radius 1 is 1.39 bits per heavy atom. The summed E-state index contributed by atoms with van der Waals surface area (Å²) >= 11 is 7.28. The van der Waals surface area contributed by atoms with Gasteiger partial charge in [-0.25, -0.2) is 9.82 Å². The van der Waals surface area contributed by atoms with Crippen molar-refractivity contribution in [1.82, 2.24) is 5.43 Å². The van der Waals surface area contributed by atoms with Gasteiger partial charge in [-0.05, 0) is 30.3 Å². The molecule has 3 N–H and O–H groups in total. The number of nitrogens with one attached hydrogen (secondary N) is 1. The molecule has 18 heavy (non-hydrogen) atoms. The minimum atomic E-state index is -0.354. The van der Waals surface area contributed by atoms with Crippen LogP contribution in [0.15, 0.2) is 30.3 Å². The zero-order chi connectivity index (χ0) is 13.1. The lowest BCUT2D eigenvalue weighted by atomic mass is 10.0. The molecule has 1 unspecified atom stereocenters. The van der Waals surface area contributed by atoms with Gasteiger partial charge >= 0.3 is 0 Å². The zero-order valence-electron chi connectivity index (χ0n) is 9.61. The summed E-state index contributed by atoms with van der Waals surface area (Å²) in [5, 5.41) is 0. The third-order valence-electron chi connectivity index (χ3n) is 2.55. The molecule has 0 saturated carbocycles. The Morgan fingerprint density at radius 2 is 2.17 bits per heavy atom. The van der Waals surface area contributed by atoms with Crippen LogP contribution < -0.4 is 16.0 Å². The van der Waals surface area contributed by atoms with Gasteiger partial charge in [-0.1, -0.05) is 11.6 Å². The fourth-order valence-electron chi connectivity index (χ4n) is 1.74. The second-order valence-electron chi connectivity index (χ2n) is 3.63. The topological polar surface area (TPSA) is 47.3 Å². The van der Waals surface area contributed by atoms with E-state index in [-0.39, 0.29) is 11.9 Å². The van der Waals surface area contributed by atoms with Crippen LogP contribution in [0, 0.1) is 5.82 Å². The number of halogens is 2. The molecule has 0 aliphatic heterocycles. The molecule has 3 nitrogen and oxygen atoms in total. The highest BCUT2D eigenvalue weighted by atomic mass is 35.5. The molecule has 1 atom stereocenters. The summed E-state index contributed by atoms with van der Waals surface area (Å²) in [5.41, 5.74) is 3.29. The molecule has 0 bridgehead atoms. The van der Waals surface area contributed by atoms with E-state index in [9.17, 15) is 4.39 Å². The Bertz CT molecular complexity index is 547. The van der Waals surface area contributed by atoms with Gasteiger partial charge in [0, 0.05) is 10.4 Å². The summed E-state index contributed by atoms with van der Waals surface area (Å²) in [6.07, 6.45) is 0. The first-order chi connectivity index (χ1) is 8.65. The molecule has 0 amide bonds. The van der Waals surface area contributed by atoms with E-state index in [1.807, 2.05) is 6.07 Å². The molecule has 1 heterocycles. The van der Waals surface area contributed by atoms with Gasteiger partial charge in [0.1, 0.15) is 11.6 Å². The number of methoxy groups -OCH3 is 1. The maximum atomic E-state index is 13.4. The van der Waals surface area contributed by atoms with Gasteiger partial charge in [-0.3, -0.25) is 5.84 Å². The molecule has 0 fully saturated rings. The highest BCUT2D eigenvalue weighted by Gasteiger charge is 2.19. The number of hydrogen-bond acceptors (Lipinski definition) is 4. The average Bonchev–Trinajstić information content (AvgIpc) is 2.77. The third kappa shape index (κ3) is 2.64. The minimum Gasteiger partial charge on any atom is -0.496 e. The number of hydrogen-bond donors (Lipinski definition) is 2. The number of thiophene rings is 1. The summed E-state index contributed by atoms with van der Waals surface area (Å²) in [5.74, 6) is 5.79. The van der Waals surface area contributed by atoms with Crippen LogP contribution in [-0.2, 0) is 0 Å². The Balaban J connectivity index is 2.47. The van der Waals surface area contributed by atoms with Crippen LogP contribution in [-0.4, -0.2) is 7.11 Å². The highest BCUT2D eigenvalue weighted by molar-refractivity contribution is 7.16. The number of benzene rings is 1. The van der Waals surface area contributed by atoms with E-state index in [0.29, 0.717) is 15.6 Å². The summed E-state index contributed by atoms with van der Waals surface area (Å²) in [6.45, 7) is 0. The predicted molar refractivity (Wildman–Crippen MR) is 71.4 cm³/mol. The molecule has 2 aromatic rings. The van der Waals surface area contributed by atoms with E-state index >= 15 is 0 Å². The highest BCUT2D eigenvalue weighted by Crippen LogP contribution is 2.35. The van der Waals surface area contributed by atoms with Crippen LogP contribution in [0.5, 0.6) is 5.75 Å². The molecule has 6 heteroatoms. The molecule has 0 aliphatic carbocycles. The van der Waals surface area contributed by atoms with Gasteiger partial charge in [-0.15, -0.1) is 11.3 Å². The smallest absolute Gasteiger partial charge is 0.124 e. The van der Waals surface area contributed by atoms with Crippen molar-refractivity contribution in [2.75, 3.05) is 7.11 Å².